The smallest absolute Gasteiger partial charge is 0.308 e. The Morgan fingerprint density at radius 1 is 0.903 bits per heavy atom. The summed E-state index contributed by atoms with van der Waals surface area (Å²) in [4.78, 5) is 36.3. The van der Waals surface area contributed by atoms with Gasteiger partial charge in [-0.2, -0.15) is 0 Å². The number of halogens is 2. The first-order valence-electron chi connectivity index (χ1n) is 9.24. The van der Waals surface area contributed by atoms with Gasteiger partial charge in [0.1, 0.15) is 5.75 Å². The van der Waals surface area contributed by atoms with Crippen LogP contribution in [0.5, 0.6) is 5.75 Å². The zero-order valence-electron chi connectivity index (χ0n) is 16.4. The molecule has 0 unspecified atom stereocenters. The van der Waals surface area contributed by atoms with Gasteiger partial charge in [-0.15, -0.1) is 0 Å². The molecule has 2 N–H and O–H groups in total. The molecule has 3 rings (SSSR count). The van der Waals surface area contributed by atoms with Crippen molar-refractivity contribution in [3.63, 3.8) is 0 Å². The van der Waals surface area contributed by atoms with Crippen molar-refractivity contribution in [3.8, 4) is 5.75 Å². The third-order valence-corrected chi connectivity index (χ3v) is 4.80. The van der Waals surface area contributed by atoms with E-state index >= 15 is 0 Å². The molecule has 3 aromatic carbocycles. The highest BCUT2D eigenvalue weighted by Crippen LogP contribution is 2.22. The van der Waals surface area contributed by atoms with E-state index in [4.69, 9.17) is 27.9 Å². The van der Waals surface area contributed by atoms with Gasteiger partial charge in [-0.05, 0) is 48.0 Å². The van der Waals surface area contributed by atoms with E-state index in [2.05, 4.69) is 10.6 Å². The van der Waals surface area contributed by atoms with Gasteiger partial charge in [-0.1, -0.05) is 47.5 Å². The summed E-state index contributed by atoms with van der Waals surface area (Å²) in [5.41, 5.74) is 1.81. The van der Waals surface area contributed by atoms with Crippen molar-refractivity contribution in [2.24, 2.45) is 0 Å². The molecule has 31 heavy (non-hydrogen) atoms. The summed E-state index contributed by atoms with van der Waals surface area (Å²) in [6.07, 6.45) is 0. The van der Waals surface area contributed by atoms with Crippen LogP contribution in [0.3, 0.4) is 0 Å². The van der Waals surface area contributed by atoms with E-state index in [1.54, 1.807) is 54.6 Å². The molecule has 0 fully saturated rings. The summed E-state index contributed by atoms with van der Waals surface area (Å²) in [5, 5.41) is 6.28. The molecule has 0 heterocycles. The number of nitrogens with one attached hydrogen (secondary N) is 2. The first-order valence-corrected chi connectivity index (χ1v) is 10.00. The SMILES string of the molecule is CC(=O)Oc1cccc(C(=O)Nc2ccccc2CNC(=O)c2cc(Cl)ccc2Cl)c1. The fourth-order valence-electron chi connectivity index (χ4n) is 2.80. The van der Waals surface area contributed by atoms with E-state index in [1.165, 1.54) is 19.1 Å². The first kappa shape index (κ1) is 22.3. The number of rotatable bonds is 6. The number of esters is 1. The predicted octanol–water partition coefficient (Wildman–Crippen LogP) is 5.10. The molecule has 3 aromatic rings. The number of amides is 2. The molecule has 2 amide bonds. The Morgan fingerprint density at radius 2 is 1.68 bits per heavy atom. The van der Waals surface area contributed by atoms with Gasteiger partial charge < -0.3 is 15.4 Å². The lowest BCUT2D eigenvalue weighted by Gasteiger charge is -2.13. The van der Waals surface area contributed by atoms with Crippen LogP contribution in [0.15, 0.2) is 66.7 Å². The van der Waals surface area contributed by atoms with Crippen LogP contribution >= 0.6 is 23.2 Å². The summed E-state index contributed by atoms with van der Waals surface area (Å²) < 4.78 is 5.02. The minimum absolute atomic E-state index is 0.158. The summed E-state index contributed by atoms with van der Waals surface area (Å²) in [6.45, 7) is 1.44. The number of carbonyl (C=O) groups is 3. The number of para-hydroxylation sites is 1. The van der Waals surface area contributed by atoms with E-state index in [9.17, 15) is 14.4 Å². The molecule has 0 saturated carbocycles. The number of carbonyl (C=O) groups excluding carboxylic acids is 3. The van der Waals surface area contributed by atoms with Gasteiger partial charge in [0.2, 0.25) is 0 Å². The topological polar surface area (TPSA) is 84.5 Å². The van der Waals surface area contributed by atoms with Gasteiger partial charge in [0, 0.05) is 29.7 Å². The Labute approximate surface area is 189 Å². The van der Waals surface area contributed by atoms with Crippen LogP contribution in [0.1, 0.15) is 33.2 Å². The highest BCUT2D eigenvalue weighted by atomic mass is 35.5. The molecule has 6 nitrogen and oxygen atoms in total. The number of benzene rings is 3. The maximum atomic E-state index is 12.7. The van der Waals surface area contributed by atoms with Crippen LogP contribution in [0.2, 0.25) is 10.0 Å². The van der Waals surface area contributed by atoms with Gasteiger partial charge in [-0.3, -0.25) is 14.4 Å². The molecular formula is C23H18Cl2N2O4. The molecule has 0 spiro atoms. The van der Waals surface area contributed by atoms with E-state index in [-0.39, 0.29) is 34.7 Å². The van der Waals surface area contributed by atoms with Crippen molar-refractivity contribution < 1.29 is 19.1 Å². The lowest BCUT2D eigenvalue weighted by atomic mass is 10.1. The molecule has 0 aliphatic heterocycles. The van der Waals surface area contributed by atoms with Gasteiger partial charge in [0.25, 0.3) is 11.8 Å². The second kappa shape index (κ2) is 10.1. The quantitative estimate of drug-likeness (QED) is 0.399. The molecule has 0 radical (unpaired) electrons. The van der Waals surface area contributed by atoms with Crippen LogP contribution < -0.4 is 15.4 Å². The summed E-state index contributed by atoms with van der Waals surface area (Å²) in [7, 11) is 0. The van der Waals surface area contributed by atoms with E-state index in [0.717, 1.165) is 0 Å². The lowest BCUT2D eigenvalue weighted by molar-refractivity contribution is -0.131. The standard InChI is InChI=1S/C23H18Cl2N2O4/c1-14(28)31-18-7-4-6-15(11-18)22(29)27-21-8-3-2-5-16(21)13-26-23(30)19-12-17(24)9-10-20(19)25/h2-12H,13H2,1H3,(H,26,30)(H,27,29). The van der Waals surface area contributed by atoms with E-state index in [0.29, 0.717) is 21.8 Å². The van der Waals surface area contributed by atoms with Crippen molar-refractivity contribution in [2.45, 2.75) is 13.5 Å². The fourth-order valence-corrected chi connectivity index (χ4v) is 3.18. The number of ether oxygens (including phenoxy) is 1. The largest absolute Gasteiger partial charge is 0.427 e. The van der Waals surface area contributed by atoms with Crippen molar-refractivity contribution in [2.75, 3.05) is 5.32 Å². The zero-order chi connectivity index (χ0) is 22.4. The monoisotopic (exact) mass is 456 g/mol. The fraction of sp³-hybridized carbons (Fsp3) is 0.0870. The van der Waals surface area contributed by atoms with Gasteiger partial charge in [0.15, 0.2) is 0 Å². The maximum Gasteiger partial charge on any atom is 0.308 e. The predicted molar refractivity (Wildman–Crippen MR) is 120 cm³/mol. The minimum Gasteiger partial charge on any atom is -0.427 e. The molecule has 0 bridgehead atoms. The van der Waals surface area contributed by atoms with E-state index < -0.39 is 5.97 Å². The van der Waals surface area contributed by atoms with Crippen LogP contribution in [0, 0.1) is 0 Å². The molecule has 0 atom stereocenters. The van der Waals surface area contributed by atoms with Crippen molar-refractivity contribution in [3.05, 3.63) is 93.5 Å². The maximum absolute atomic E-state index is 12.7. The molecule has 0 aliphatic carbocycles. The van der Waals surface area contributed by atoms with Crippen molar-refractivity contribution in [1.82, 2.24) is 5.32 Å². The van der Waals surface area contributed by atoms with Gasteiger partial charge >= 0.3 is 5.97 Å². The number of anilines is 1. The van der Waals surface area contributed by atoms with Crippen molar-refractivity contribution >= 4 is 46.7 Å². The molecule has 0 aliphatic rings. The normalized spacial score (nSPS) is 10.3. The number of hydrogen-bond acceptors (Lipinski definition) is 4. The Kier molecular flexibility index (Phi) is 7.28. The third kappa shape index (κ3) is 6.07. The Balaban J connectivity index is 1.72. The second-order valence-electron chi connectivity index (χ2n) is 6.54. The van der Waals surface area contributed by atoms with Crippen LogP contribution in [0.4, 0.5) is 5.69 Å². The summed E-state index contributed by atoms with van der Waals surface area (Å²) in [6, 6.07) is 18.0. The average molecular weight is 457 g/mol. The van der Waals surface area contributed by atoms with Gasteiger partial charge in [0.05, 0.1) is 10.6 Å². The van der Waals surface area contributed by atoms with Crippen LogP contribution in [-0.4, -0.2) is 17.8 Å². The zero-order valence-corrected chi connectivity index (χ0v) is 18.0. The number of hydrogen-bond donors (Lipinski definition) is 2. The Morgan fingerprint density at radius 3 is 2.45 bits per heavy atom. The third-order valence-electron chi connectivity index (χ3n) is 4.24. The highest BCUT2D eigenvalue weighted by molar-refractivity contribution is 6.35. The Bertz CT molecular complexity index is 1150. The molecule has 158 valence electrons. The molecule has 8 heteroatoms. The first-order chi connectivity index (χ1) is 14.8. The van der Waals surface area contributed by atoms with Crippen LogP contribution in [0.25, 0.3) is 0 Å². The molecule has 0 saturated heterocycles. The molecule has 0 aromatic heterocycles. The average Bonchev–Trinajstić information content (AvgIpc) is 2.74. The van der Waals surface area contributed by atoms with Crippen LogP contribution in [-0.2, 0) is 11.3 Å². The second-order valence-corrected chi connectivity index (χ2v) is 7.38. The highest BCUT2D eigenvalue weighted by Gasteiger charge is 2.14. The summed E-state index contributed by atoms with van der Waals surface area (Å²) >= 11 is 12.0. The lowest BCUT2D eigenvalue weighted by Crippen LogP contribution is -2.24. The summed E-state index contributed by atoms with van der Waals surface area (Å²) in [5.74, 6) is -0.967. The molecular weight excluding hydrogens is 439 g/mol. The van der Waals surface area contributed by atoms with Gasteiger partial charge in [-0.25, -0.2) is 0 Å². The van der Waals surface area contributed by atoms with Crippen molar-refractivity contribution in [1.29, 1.82) is 0 Å². The minimum atomic E-state index is -0.474. The van der Waals surface area contributed by atoms with E-state index in [1.807, 2.05) is 0 Å². The Hall–Kier alpha value is -3.35.